The number of anilines is 1. The van der Waals surface area contributed by atoms with E-state index < -0.39 is 73.9 Å². The largest absolute Gasteiger partial charge is 0.481 e. The topological polar surface area (TPSA) is 165 Å². The quantitative estimate of drug-likeness (QED) is 0.341. The van der Waals surface area contributed by atoms with Crippen LogP contribution >= 0.6 is 0 Å². The molecule has 60 heavy (non-hydrogen) atoms. The number of ether oxygens (including phenoxy) is 1. The highest BCUT2D eigenvalue weighted by Gasteiger charge is 2.44. The number of rotatable bonds is 9. The zero-order chi connectivity index (χ0) is 44.1. The first-order chi connectivity index (χ1) is 28.1. The number of piperidine rings is 2. The van der Waals surface area contributed by atoms with Crippen LogP contribution in [-0.2, 0) is 31.2 Å². The van der Waals surface area contributed by atoms with Crippen LogP contribution in [-0.4, -0.2) is 117 Å². The number of likely N-dealkylation sites (N-methyl/N-ethyl adjacent to an activating group) is 2. The molecule has 5 heterocycles. The van der Waals surface area contributed by atoms with Gasteiger partial charge in [0.15, 0.2) is 5.54 Å². The standard InChI is InChI=1S/C42H51F3N4O7S.O2S/c1-7-48-33-19-35-31(17-29(33)27(21-40(48,3)4)23-46-13-9-25(10-14-46)38(50)51)37(42(43,44)45)32-18-30-28(22-41(5,6)49(8-2)34(30)20-36(32)56-35)24-57(54,55)47-15-11-26(12-16-47)39(52)53;1-3-2/h17-22,25-26H,7-16,23-24H2,1-6H3,(H-,50,51,52,53);/p+1. The van der Waals surface area contributed by atoms with Crippen molar-refractivity contribution in [3.8, 4) is 11.5 Å². The molecular formula is C42H52F3N4O9S2+. The number of hydrogen-bond donors (Lipinski definition) is 2. The number of halogens is 3. The van der Waals surface area contributed by atoms with E-state index in [4.69, 9.17) is 13.2 Å². The van der Waals surface area contributed by atoms with Crippen molar-refractivity contribution in [2.75, 3.05) is 56.5 Å². The van der Waals surface area contributed by atoms with Gasteiger partial charge >= 0.3 is 29.7 Å². The third-order valence-corrected chi connectivity index (χ3v) is 14.3. The molecule has 2 saturated heterocycles. The Morgan fingerprint density at radius 3 is 1.97 bits per heavy atom. The Morgan fingerprint density at radius 1 is 0.850 bits per heavy atom. The second kappa shape index (κ2) is 16.8. The van der Waals surface area contributed by atoms with Crippen molar-refractivity contribution in [2.24, 2.45) is 11.8 Å². The minimum atomic E-state index is -4.82. The monoisotopic (exact) mass is 877 g/mol. The highest BCUT2D eigenvalue weighted by atomic mass is 32.2. The van der Waals surface area contributed by atoms with Crippen LogP contribution in [0.5, 0.6) is 11.5 Å². The number of alkyl halides is 3. The van der Waals surface area contributed by atoms with Crippen LogP contribution in [0.15, 0.2) is 36.4 Å². The number of carboxylic acids is 2. The van der Waals surface area contributed by atoms with Crippen LogP contribution in [0.4, 0.5) is 18.9 Å². The molecule has 326 valence electrons. The van der Waals surface area contributed by atoms with Gasteiger partial charge in [-0.1, -0.05) is 6.08 Å². The van der Waals surface area contributed by atoms with E-state index in [2.05, 4.69) is 29.4 Å². The van der Waals surface area contributed by atoms with Crippen LogP contribution in [0.2, 0.25) is 0 Å². The predicted octanol–water partition coefficient (Wildman–Crippen LogP) is 4.49. The van der Waals surface area contributed by atoms with Gasteiger partial charge in [0.1, 0.15) is 18.0 Å². The zero-order valence-corrected chi connectivity index (χ0v) is 36.2. The van der Waals surface area contributed by atoms with Gasteiger partial charge in [0.2, 0.25) is 15.4 Å². The lowest BCUT2D eigenvalue weighted by Crippen LogP contribution is -2.50. The van der Waals surface area contributed by atoms with E-state index >= 15 is 13.2 Å². The Kier molecular flexibility index (Phi) is 12.7. The van der Waals surface area contributed by atoms with Gasteiger partial charge in [-0.15, -0.1) is 0 Å². The van der Waals surface area contributed by atoms with Crippen molar-refractivity contribution in [2.45, 2.75) is 84.5 Å². The van der Waals surface area contributed by atoms with Crippen LogP contribution < -0.4 is 24.8 Å². The fourth-order valence-corrected chi connectivity index (χ4v) is 11.2. The van der Waals surface area contributed by atoms with E-state index in [9.17, 15) is 28.2 Å². The van der Waals surface area contributed by atoms with E-state index in [1.54, 1.807) is 18.2 Å². The maximum Gasteiger partial charge on any atom is 0.417 e. The van der Waals surface area contributed by atoms with Gasteiger partial charge in [-0.25, -0.2) is 17.3 Å². The molecule has 2 aromatic carbocycles. The average molecular weight is 878 g/mol. The van der Waals surface area contributed by atoms with Gasteiger partial charge in [-0.2, -0.15) is 21.6 Å². The molecule has 5 aliphatic rings. The summed E-state index contributed by atoms with van der Waals surface area (Å²) in [7, 11) is -3.97. The highest BCUT2D eigenvalue weighted by Crippen LogP contribution is 2.48. The third-order valence-electron chi connectivity index (χ3n) is 12.5. The molecule has 13 nitrogen and oxygen atoms in total. The minimum absolute atomic E-state index is 0.0258. The molecule has 0 aromatic heterocycles. The molecule has 2 fully saturated rings. The first-order valence-electron chi connectivity index (χ1n) is 20.1. The molecule has 0 atom stereocenters. The van der Waals surface area contributed by atoms with E-state index in [0.717, 1.165) is 10.9 Å². The Labute approximate surface area is 351 Å². The fourth-order valence-electron chi connectivity index (χ4n) is 9.67. The van der Waals surface area contributed by atoms with Crippen molar-refractivity contribution in [3.05, 3.63) is 63.7 Å². The smallest absolute Gasteiger partial charge is 0.417 e. The number of sulfonamides is 1. The lowest BCUT2D eigenvalue weighted by atomic mass is 9.85. The molecule has 0 bridgehead atoms. The summed E-state index contributed by atoms with van der Waals surface area (Å²) in [6.45, 7) is 14.7. The molecule has 2 N–H and O–H groups in total. The van der Waals surface area contributed by atoms with Crippen LogP contribution in [0, 0.1) is 11.8 Å². The van der Waals surface area contributed by atoms with Gasteiger partial charge in [0.05, 0.1) is 40.3 Å². The van der Waals surface area contributed by atoms with Crippen molar-refractivity contribution in [3.63, 3.8) is 0 Å². The van der Waals surface area contributed by atoms with E-state index in [1.165, 1.54) is 10.4 Å². The molecule has 0 saturated carbocycles. The summed E-state index contributed by atoms with van der Waals surface area (Å²) in [5.74, 6) is -3.16. The molecule has 0 unspecified atom stereocenters. The first kappa shape index (κ1) is 45.1. The van der Waals surface area contributed by atoms with Gasteiger partial charge in [-0.3, -0.25) is 14.5 Å². The number of hydrogen-bond acceptors (Lipinski definition) is 9. The second-order valence-corrected chi connectivity index (χ2v) is 19.2. The fraction of sp³-hybridized carbons (Fsp3) is 0.548. The SMILES string of the molecule is CCN1c2cc3c(cc2C(CS(=O)(=O)N2CCC(C(=O)O)CC2)=CC1(C)C)C(C(F)(F)F)=c1cc2c(cc1O3)=[N+](CC)C(C)(C)C=C2CN1CCC(C(=O)O)CC1.O=S=O. The molecule has 0 amide bonds. The van der Waals surface area contributed by atoms with Crippen LogP contribution in [0.1, 0.15) is 83.9 Å². The van der Waals surface area contributed by atoms with Crippen molar-refractivity contribution >= 4 is 55.9 Å². The van der Waals surface area contributed by atoms with Crippen molar-refractivity contribution < 1.29 is 54.5 Å². The summed E-state index contributed by atoms with van der Waals surface area (Å²) < 4.78 is 101. The molecule has 0 aliphatic carbocycles. The number of nitrogens with zero attached hydrogens (tertiary/aromatic N) is 4. The summed E-state index contributed by atoms with van der Waals surface area (Å²) >= 11 is -0.750. The van der Waals surface area contributed by atoms with Crippen molar-refractivity contribution in [1.82, 2.24) is 13.8 Å². The normalized spacial score (nSPS) is 20.6. The summed E-state index contributed by atoms with van der Waals surface area (Å²) in [6, 6.07) is 6.32. The number of likely N-dealkylation sites (tertiary alicyclic amines) is 1. The first-order valence-corrected chi connectivity index (χ1v) is 22.4. The number of benzene rings is 2. The van der Waals surface area contributed by atoms with Gasteiger partial charge in [-0.05, 0) is 95.8 Å². The van der Waals surface area contributed by atoms with Crippen LogP contribution in [0.25, 0.3) is 16.7 Å². The average Bonchev–Trinajstić information content (AvgIpc) is 3.15. The number of carboxylic acid groups (broad SMARTS) is 2. The maximum absolute atomic E-state index is 15.6. The lowest BCUT2D eigenvalue weighted by Gasteiger charge is -2.44. The third kappa shape index (κ3) is 8.70. The zero-order valence-electron chi connectivity index (χ0n) is 34.6. The highest BCUT2D eigenvalue weighted by molar-refractivity contribution is 7.89. The number of fused-ring (bicyclic) bond motifs is 4. The van der Waals surface area contributed by atoms with E-state index in [0.29, 0.717) is 68.0 Å². The summed E-state index contributed by atoms with van der Waals surface area (Å²) in [5.41, 5.74) is 0.595. The van der Waals surface area contributed by atoms with E-state index in [1.807, 2.05) is 38.7 Å². The summed E-state index contributed by atoms with van der Waals surface area (Å²) in [6.07, 6.45) is 0.455. The molecular weight excluding hydrogens is 826 g/mol. The molecule has 18 heteroatoms. The van der Waals surface area contributed by atoms with Gasteiger partial charge in [0.25, 0.3) is 0 Å². The van der Waals surface area contributed by atoms with Crippen LogP contribution in [0.3, 0.4) is 0 Å². The number of aliphatic carboxylic acids is 2. The molecule has 2 aromatic rings. The maximum atomic E-state index is 15.6. The second-order valence-electron chi connectivity index (χ2n) is 17.1. The Bertz CT molecular complexity index is 2430. The van der Waals surface area contributed by atoms with Gasteiger partial charge in [0, 0.05) is 68.1 Å². The lowest BCUT2D eigenvalue weighted by molar-refractivity contribution is -0.144. The Balaban J connectivity index is 0.00000195. The summed E-state index contributed by atoms with van der Waals surface area (Å²) in [5, 5.41) is 19.6. The minimum Gasteiger partial charge on any atom is -0.481 e. The molecule has 7 rings (SSSR count). The Morgan fingerprint density at radius 2 is 1.43 bits per heavy atom. The molecule has 0 spiro atoms. The van der Waals surface area contributed by atoms with Crippen molar-refractivity contribution in [1.29, 1.82) is 0 Å². The predicted molar refractivity (Wildman–Crippen MR) is 221 cm³/mol. The summed E-state index contributed by atoms with van der Waals surface area (Å²) in [4.78, 5) is 27.4. The number of carbonyl (C=O) groups is 2. The molecule has 0 radical (unpaired) electrons. The van der Waals surface area contributed by atoms with E-state index in [-0.39, 0.29) is 48.2 Å². The molecule has 5 aliphatic heterocycles. The Hall–Kier alpha value is -4.39. The van der Waals surface area contributed by atoms with Gasteiger partial charge < -0.3 is 19.8 Å².